The Hall–Kier alpha value is -1.29. The highest BCUT2D eigenvalue weighted by molar-refractivity contribution is 5.50. The maximum absolute atomic E-state index is 14.0. The van der Waals surface area contributed by atoms with Crippen LogP contribution in [0.25, 0.3) is 0 Å². The fraction of sp³-hybridized carbons (Fsp3) is 0.538. The summed E-state index contributed by atoms with van der Waals surface area (Å²) in [4.78, 5) is 0. The minimum atomic E-state index is -0.178. The predicted octanol–water partition coefficient (Wildman–Crippen LogP) is 2.06. The SMILES string of the molecule is Fc1ccc2c(c1C1CCNC1)OCCCO2. The van der Waals surface area contributed by atoms with Crippen molar-refractivity contribution in [1.29, 1.82) is 0 Å². The lowest BCUT2D eigenvalue weighted by molar-refractivity contribution is 0.295. The number of rotatable bonds is 1. The Morgan fingerprint density at radius 2 is 2.12 bits per heavy atom. The second-order valence-electron chi connectivity index (χ2n) is 4.53. The first-order valence-electron chi connectivity index (χ1n) is 6.15. The van der Waals surface area contributed by atoms with E-state index in [9.17, 15) is 4.39 Å². The minimum absolute atomic E-state index is 0.178. The van der Waals surface area contributed by atoms with Crippen LogP contribution in [-0.2, 0) is 0 Å². The van der Waals surface area contributed by atoms with E-state index < -0.39 is 0 Å². The van der Waals surface area contributed by atoms with Gasteiger partial charge in [-0.05, 0) is 25.1 Å². The molecule has 0 radical (unpaired) electrons. The van der Waals surface area contributed by atoms with Crippen LogP contribution in [0.15, 0.2) is 12.1 Å². The summed E-state index contributed by atoms with van der Waals surface area (Å²) in [6.07, 6.45) is 1.80. The van der Waals surface area contributed by atoms with Gasteiger partial charge in [-0.1, -0.05) is 0 Å². The molecule has 1 saturated heterocycles. The molecular formula is C13H16FNO2. The van der Waals surface area contributed by atoms with E-state index >= 15 is 0 Å². The molecule has 1 unspecified atom stereocenters. The summed E-state index contributed by atoms with van der Waals surface area (Å²) in [7, 11) is 0. The van der Waals surface area contributed by atoms with Crippen molar-refractivity contribution in [2.24, 2.45) is 0 Å². The van der Waals surface area contributed by atoms with Gasteiger partial charge in [0.05, 0.1) is 13.2 Å². The van der Waals surface area contributed by atoms with E-state index in [1.165, 1.54) is 6.07 Å². The van der Waals surface area contributed by atoms with E-state index in [4.69, 9.17) is 9.47 Å². The van der Waals surface area contributed by atoms with Crippen molar-refractivity contribution in [2.45, 2.75) is 18.8 Å². The van der Waals surface area contributed by atoms with Crippen LogP contribution < -0.4 is 14.8 Å². The summed E-state index contributed by atoms with van der Waals surface area (Å²) in [6, 6.07) is 3.16. The molecule has 2 aliphatic rings. The molecule has 2 aliphatic heterocycles. The van der Waals surface area contributed by atoms with Crippen LogP contribution in [0, 0.1) is 5.82 Å². The summed E-state index contributed by atoms with van der Waals surface area (Å²) >= 11 is 0. The molecule has 4 heteroatoms. The van der Waals surface area contributed by atoms with Crippen molar-refractivity contribution in [3.05, 3.63) is 23.5 Å². The van der Waals surface area contributed by atoms with E-state index in [1.807, 2.05) is 0 Å². The number of fused-ring (bicyclic) bond motifs is 1. The number of halogens is 1. The average Bonchev–Trinajstić information content (AvgIpc) is 2.74. The Kier molecular flexibility index (Phi) is 2.89. The average molecular weight is 237 g/mol. The first-order chi connectivity index (χ1) is 8.36. The van der Waals surface area contributed by atoms with Crippen molar-refractivity contribution in [1.82, 2.24) is 5.32 Å². The van der Waals surface area contributed by atoms with Gasteiger partial charge in [-0.15, -0.1) is 0 Å². The van der Waals surface area contributed by atoms with Crippen LogP contribution in [0.5, 0.6) is 11.5 Å². The molecule has 1 aromatic carbocycles. The minimum Gasteiger partial charge on any atom is -0.490 e. The third-order valence-electron chi connectivity index (χ3n) is 3.37. The molecule has 0 saturated carbocycles. The van der Waals surface area contributed by atoms with Crippen LogP contribution in [-0.4, -0.2) is 26.3 Å². The molecule has 0 aromatic heterocycles. The van der Waals surface area contributed by atoms with Gasteiger partial charge in [0, 0.05) is 24.4 Å². The lowest BCUT2D eigenvalue weighted by Gasteiger charge is -2.17. The normalized spacial score (nSPS) is 23.5. The van der Waals surface area contributed by atoms with E-state index in [0.29, 0.717) is 30.3 Å². The molecule has 0 bridgehead atoms. The van der Waals surface area contributed by atoms with Gasteiger partial charge in [-0.3, -0.25) is 0 Å². The molecule has 0 amide bonds. The van der Waals surface area contributed by atoms with E-state index in [2.05, 4.69) is 5.32 Å². The highest BCUT2D eigenvalue weighted by atomic mass is 19.1. The van der Waals surface area contributed by atoms with Crippen LogP contribution >= 0.6 is 0 Å². The van der Waals surface area contributed by atoms with Gasteiger partial charge in [0.25, 0.3) is 0 Å². The van der Waals surface area contributed by atoms with Gasteiger partial charge in [0.1, 0.15) is 5.82 Å². The first kappa shape index (κ1) is 10.8. The molecular weight excluding hydrogens is 221 g/mol. The number of nitrogens with one attached hydrogen (secondary N) is 1. The number of benzene rings is 1. The van der Waals surface area contributed by atoms with Gasteiger partial charge in [0.15, 0.2) is 11.5 Å². The van der Waals surface area contributed by atoms with E-state index in [-0.39, 0.29) is 11.7 Å². The molecule has 1 N–H and O–H groups in total. The maximum Gasteiger partial charge on any atom is 0.167 e. The number of hydrogen-bond donors (Lipinski definition) is 1. The smallest absolute Gasteiger partial charge is 0.167 e. The topological polar surface area (TPSA) is 30.5 Å². The molecule has 1 fully saturated rings. The van der Waals surface area contributed by atoms with Crippen molar-refractivity contribution in [3.63, 3.8) is 0 Å². The zero-order valence-electron chi connectivity index (χ0n) is 9.67. The molecule has 3 nitrogen and oxygen atoms in total. The summed E-state index contributed by atoms with van der Waals surface area (Å²) in [5.41, 5.74) is 0.689. The molecule has 3 rings (SSSR count). The lowest BCUT2D eigenvalue weighted by atomic mass is 9.96. The van der Waals surface area contributed by atoms with Crippen molar-refractivity contribution < 1.29 is 13.9 Å². The highest BCUT2D eigenvalue weighted by Gasteiger charge is 2.27. The largest absolute Gasteiger partial charge is 0.490 e. The molecule has 92 valence electrons. The van der Waals surface area contributed by atoms with Gasteiger partial charge >= 0.3 is 0 Å². The third kappa shape index (κ3) is 1.97. The Labute approximate surface area is 99.9 Å². The van der Waals surface area contributed by atoms with Gasteiger partial charge in [-0.25, -0.2) is 4.39 Å². The van der Waals surface area contributed by atoms with E-state index in [0.717, 1.165) is 25.9 Å². The predicted molar refractivity (Wildman–Crippen MR) is 62.2 cm³/mol. The number of hydrogen-bond acceptors (Lipinski definition) is 3. The molecule has 17 heavy (non-hydrogen) atoms. The highest BCUT2D eigenvalue weighted by Crippen LogP contribution is 2.40. The van der Waals surface area contributed by atoms with Gasteiger partial charge in [-0.2, -0.15) is 0 Å². The van der Waals surface area contributed by atoms with Crippen molar-refractivity contribution in [2.75, 3.05) is 26.3 Å². The lowest BCUT2D eigenvalue weighted by Crippen LogP contribution is -2.10. The summed E-state index contributed by atoms with van der Waals surface area (Å²) in [5.74, 6) is 1.33. The van der Waals surface area contributed by atoms with Gasteiger partial charge in [0.2, 0.25) is 0 Å². The zero-order chi connectivity index (χ0) is 11.7. The molecule has 2 heterocycles. The third-order valence-corrected chi connectivity index (χ3v) is 3.37. The second-order valence-corrected chi connectivity index (χ2v) is 4.53. The monoisotopic (exact) mass is 237 g/mol. The Morgan fingerprint density at radius 3 is 2.94 bits per heavy atom. The summed E-state index contributed by atoms with van der Waals surface area (Å²) in [6.45, 7) is 3.00. The fourth-order valence-electron chi connectivity index (χ4n) is 2.51. The first-order valence-corrected chi connectivity index (χ1v) is 6.15. The molecule has 1 aromatic rings. The summed E-state index contributed by atoms with van der Waals surface area (Å²) < 4.78 is 25.3. The molecule has 0 aliphatic carbocycles. The Bertz CT molecular complexity index is 416. The molecule has 1 atom stereocenters. The van der Waals surface area contributed by atoms with Crippen molar-refractivity contribution >= 4 is 0 Å². The standard InChI is InChI=1S/C13H16FNO2/c14-10-2-3-11-13(17-7-1-6-16-11)12(10)9-4-5-15-8-9/h2-3,9,15H,1,4-8H2. The Morgan fingerprint density at radius 1 is 1.24 bits per heavy atom. The quantitative estimate of drug-likeness (QED) is 0.811. The van der Waals surface area contributed by atoms with Crippen LogP contribution in [0.2, 0.25) is 0 Å². The second kappa shape index (κ2) is 4.53. The van der Waals surface area contributed by atoms with Crippen LogP contribution in [0.3, 0.4) is 0 Å². The van der Waals surface area contributed by atoms with Crippen LogP contribution in [0.1, 0.15) is 24.3 Å². The summed E-state index contributed by atoms with van der Waals surface area (Å²) in [5, 5.41) is 3.26. The van der Waals surface area contributed by atoms with Gasteiger partial charge < -0.3 is 14.8 Å². The number of ether oxygens (including phenoxy) is 2. The maximum atomic E-state index is 14.0. The Balaban J connectivity index is 2.05. The van der Waals surface area contributed by atoms with Crippen LogP contribution in [0.4, 0.5) is 4.39 Å². The molecule has 0 spiro atoms. The zero-order valence-corrected chi connectivity index (χ0v) is 9.67. The van der Waals surface area contributed by atoms with Crippen molar-refractivity contribution in [3.8, 4) is 11.5 Å². The fourth-order valence-corrected chi connectivity index (χ4v) is 2.51. The van der Waals surface area contributed by atoms with E-state index in [1.54, 1.807) is 6.07 Å².